The molecule has 0 aromatic heterocycles. The van der Waals surface area contributed by atoms with Crippen LogP contribution < -0.4 is 11.1 Å². The number of carbonyl (C=O) groups is 2. The van der Waals surface area contributed by atoms with E-state index in [0.717, 1.165) is 24.4 Å². The van der Waals surface area contributed by atoms with Gasteiger partial charge >= 0.3 is 5.97 Å². The number of thioether (sulfide) groups is 1. The first kappa shape index (κ1) is 18.3. The Bertz CT molecular complexity index is 667. The van der Waals surface area contributed by atoms with Crippen LogP contribution in [0.15, 0.2) is 10.6 Å². The van der Waals surface area contributed by atoms with E-state index in [0.29, 0.717) is 23.1 Å². The fourth-order valence-electron chi connectivity index (χ4n) is 5.04. The van der Waals surface area contributed by atoms with Gasteiger partial charge in [0.05, 0.1) is 18.1 Å². The van der Waals surface area contributed by atoms with Gasteiger partial charge in [0.15, 0.2) is 0 Å². The zero-order valence-electron chi connectivity index (χ0n) is 15.1. The minimum atomic E-state index is -1.05. The molecular weight excluding hydrogens is 354 g/mol. The Morgan fingerprint density at radius 1 is 1.46 bits per heavy atom. The monoisotopic (exact) mass is 381 g/mol. The lowest BCUT2D eigenvalue weighted by Crippen LogP contribution is -2.63. The molecule has 7 nitrogen and oxygen atoms in total. The molecule has 1 aliphatic carbocycles. The maximum atomic E-state index is 12.4. The van der Waals surface area contributed by atoms with E-state index in [1.807, 2.05) is 6.92 Å². The quantitative estimate of drug-likeness (QED) is 0.486. The van der Waals surface area contributed by atoms with Crippen LogP contribution in [0.3, 0.4) is 0 Å². The van der Waals surface area contributed by atoms with Crippen molar-refractivity contribution in [3.05, 3.63) is 10.6 Å². The van der Waals surface area contributed by atoms with Crippen molar-refractivity contribution in [2.24, 2.45) is 29.4 Å². The number of aliphatic carboxylic acids is 1. The molecule has 0 spiro atoms. The molecule has 0 radical (unpaired) electrons. The summed E-state index contributed by atoms with van der Waals surface area (Å²) >= 11 is 1.61. The number of aliphatic hydroxyl groups excluding tert-OH is 1. The largest absolute Gasteiger partial charge is 0.477 e. The zero-order chi connectivity index (χ0) is 18.7. The summed E-state index contributed by atoms with van der Waals surface area (Å²) in [4.78, 5) is 26.4. The molecule has 1 saturated carbocycles. The SMILES string of the molecule is C[C@@H](O)[C@H]1C(=O)N2C(C(=O)O)=C(S[C@@H]3CN[C@H]([C@@H]4C[C@H]4CN)C3)[C@H](C)[C@H]12. The van der Waals surface area contributed by atoms with Crippen molar-refractivity contribution in [1.29, 1.82) is 0 Å². The number of carboxylic acid groups (broad SMARTS) is 1. The number of nitrogens with two attached hydrogens (primary N) is 1. The number of rotatable bonds is 6. The fraction of sp³-hybridized carbons (Fsp3) is 0.778. The maximum Gasteiger partial charge on any atom is 0.353 e. The Kier molecular flexibility index (Phi) is 4.58. The summed E-state index contributed by atoms with van der Waals surface area (Å²) in [5, 5.41) is 23.5. The van der Waals surface area contributed by atoms with Crippen LogP contribution in [0.1, 0.15) is 26.7 Å². The molecular formula is C18H27N3O4S. The number of fused-ring (bicyclic) bond motifs is 1. The standard InChI is InChI=1S/C18H27N3O4S/c1-7-14-13(8(2)22)17(23)21(14)15(18(24)25)16(7)26-10-4-12(20-6-10)11-3-9(11)5-19/h7-14,20,22H,3-6,19H2,1-2H3,(H,24,25)/t7-,8-,9+,10+,11-,12+,13-,14-/m1/s1. The van der Waals surface area contributed by atoms with Gasteiger partial charge < -0.3 is 26.2 Å². The van der Waals surface area contributed by atoms with Crippen LogP contribution in [0.25, 0.3) is 0 Å². The zero-order valence-corrected chi connectivity index (χ0v) is 15.9. The number of β-lactam (4-membered cyclic amide) rings is 1. The molecule has 1 amide bonds. The summed E-state index contributed by atoms with van der Waals surface area (Å²) in [7, 11) is 0. The average molecular weight is 381 g/mol. The van der Waals surface area contributed by atoms with Crippen LogP contribution in [0, 0.1) is 23.7 Å². The van der Waals surface area contributed by atoms with Crippen LogP contribution in [0.2, 0.25) is 0 Å². The van der Waals surface area contributed by atoms with Crippen molar-refractivity contribution >= 4 is 23.6 Å². The minimum Gasteiger partial charge on any atom is -0.477 e. The van der Waals surface area contributed by atoms with Crippen LogP contribution in [0.4, 0.5) is 0 Å². The predicted octanol–water partition coefficient (Wildman–Crippen LogP) is 0.199. The third-order valence-electron chi connectivity index (χ3n) is 6.53. The highest BCUT2D eigenvalue weighted by Crippen LogP contribution is 2.52. The summed E-state index contributed by atoms with van der Waals surface area (Å²) in [6.07, 6.45) is 1.44. The molecule has 0 unspecified atom stereocenters. The van der Waals surface area contributed by atoms with Gasteiger partial charge in [-0.15, -0.1) is 11.8 Å². The molecule has 8 atom stereocenters. The van der Waals surface area contributed by atoms with Crippen molar-refractivity contribution in [2.45, 2.75) is 50.1 Å². The van der Waals surface area contributed by atoms with Gasteiger partial charge in [-0.1, -0.05) is 6.92 Å². The van der Waals surface area contributed by atoms with Gasteiger partial charge in [-0.05, 0) is 38.1 Å². The highest BCUT2D eigenvalue weighted by atomic mass is 32.2. The smallest absolute Gasteiger partial charge is 0.353 e. The Balaban J connectivity index is 1.49. The summed E-state index contributed by atoms with van der Waals surface area (Å²) in [6.45, 7) is 5.17. The van der Waals surface area contributed by atoms with Crippen LogP contribution in [-0.2, 0) is 9.59 Å². The number of aliphatic hydroxyl groups is 1. The maximum absolute atomic E-state index is 12.4. The minimum absolute atomic E-state index is 0.0554. The molecule has 3 aliphatic heterocycles. The van der Waals surface area contributed by atoms with Crippen molar-refractivity contribution in [3.63, 3.8) is 0 Å². The van der Waals surface area contributed by atoms with Crippen LogP contribution in [-0.4, -0.2) is 63.5 Å². The third kappa shape index (κ3) is 2.69. The lowest BCUT2D eigenvalue weighted by molar-refractivity contribution is -0.163. The molecule has 2 saturated heterocycles. The Morgan fingerprint density at radius 3 is 2.77 bits per heavy atom. The van der Waals surface area contributed by atoms with E-state index in [-0.39, 0.29) is 23.6 Å². The van der Waals surface area contributed by atoms with E-state index in [1.54, 1.807) is 18.7 Å². The summed E-state index contributed by atoms with van der Waals surface area (Å²) in [5.74, 6) is -0.588. The molecule has 5 N–H and O–H groups in total. The number of nitrogens with zero attached hydrogens (tertiary/aromatic N) is 1. The molecule has 3 heterocycles. The lowest BCUT2D eigenvalue weighted by Gasteiger charge is -2.46. The molecule has 4 aliphatic rings. The van der Waals surface area contributed by atoms with Crippen LogP contribution in [0.5, 0.6) is 0 Å². The fourth-order valence-corrected chi connectivity index (χ4v) is 6.54. The van der Waals surface area contributed by atoms with E-state index >= 15 is 0 Å². The number of nitrogens with one attached hydrogen (secondary N) is 1. The first-order valence-corrected chi connectivity index (χ1v) is 10.3. The number of carbonyl (C=O) groups excluding carboxylic acids is 1. The third-order valence-corrected chi connectivity index (χ3v) is 8.04. The molecule has 0 aromatic carbocycles. The van der Waals surface area contributed by atoms with Crippen molar-refractivity contribution in [1.82, 2.24) is 10.2 Å². The van der Waals surface area contributed by atoms with Gasteiger partial charge in [0, 0.05) is 28.7 Å². The number of hydrogen-bond donors (Lipinski definition) is 4. The summed E-state index contributed by atoms with van der Waals surface area (Å²) in [5.41, 5.74) is 5.88. The summed E-state index contributed by atoms with van der Waals surface area (Å²) in [6, 6.07) is 0.238. The number of carboxylic acids is 1. The van der Waals surface area contributed by atoms with Gasteiger partial charge in [-0.2, -0.15) is 0 Å². The van der Waals surface area contributed by atoms with Crippen molar-refractivity contribution < 1.29 is 19.8 Å². The van der Waals surface area contributed by atoms with E-state index in [2.05, 4.69) is 5.32 Å². The first-order valence-electron chi connectivity index (χ1n) is 9.43. The molecule has 26 heavy (non-hydrogen) atoms. The second-order valence-electron chi connectivity index (χ2n) is 8.16. The van der Waals surface area contributed by atoms with Gasteiger partial charge in [0.25, 0.3) is 0 Å². The molecule has 0 aromatic rings. The number of hydrogen-bond acceptors (Lipinski definition) is 6. The Hall–Kier alpha value is -1.09. The number of amides is 1. The topological polar surface area (TPSA) is 116 Å². The van der Waals surface area contributed by atoms with Gasteiger partial charge in [-0.3, -0.25) is 4.79 Å². The second kappa shape index (κ2) is 6.51. The second-order valence-corrected chi connectivity index (χ2v) is 9.50. The normalized spacial score (nSPS) is 42.7. The first-order chi connectivity index (χ1) is 12.3. The Morgan fingerprint density at radius 2 is 2.19 bits per heavy atom. The van der Waals surface area contributed by atoms with Crippen LogP contribution >= 0.6 is 11.8 Å². The highest BCUT2D eigenvalue weighted by Gasteiger charge is 2.60. The lowest BCUT2D eigenvalue weighted by atomic mass is 9.79. The van der Waals surface area contributed by atoms with Crippen molar-refractivity contribution in [2.75, 3.05) is 13.1 Å². The van der Waals surface area contributed by atoms with E-state index in [1.165, 1.54) is 11.3 Å². The van der Waals surface area contributed by atoms with E-state index in [9.17, 15) is 19.8 Å². The average Bonchev–Trinajstić information content (AvgIpc) is 3.15. The molecule has 4 rings (SSSR count). The van der Waals surface area contributed by atoms with E-state index < -0.39 is 18.0 Å². The molecule has 0 bridgehead atoms. The Labute approximate surface area is 157 Å². The molecule has 3 fully saturated rings. The molecule has 8 heteroatoms. The molecule has 144 valence electrons. The summed E-state index contributed by atoms with van der Waals surface area (Å²) < 4.78 is 0. The van der Waals surface area contributed by atoms with Crippen molar-refractivity contribution in [3.8, 4) is 0 Å². The highest BCUT2D eigenvalue weighted by molar-refractivity contribution is 8.03. The van der Waals surface area contributed by atoms with Gasteiger partial charge in [0.1, 0.15) is 5.70 Å². The van der Waals surface area contributed by atoms with Gasteiger partial charge in [0.2, 0.25) is 5.91 Å². The predicted molar refractivity (Wildman–Crippen MR) is 98.1 cm³/mol. The van der Waals surface area contributed by atoms with E-state index in [4.69, 9.17) is 5.73 Å². The van der Waals surface area contributed by atoms with Gasteiger partial charge in [-0.25, -0.2) is 4.79 Å².